The van der Waals surface area contributed by atoms with Crippen LogP contribution < -0.4 is 4.90 Å². The number of carbonyl (C=O) groups excluding carboxylic acids is 1. The first kappa shape index (κ1) is 17.7. The van der Waals surface area contributed by atoms with Crippen molar-refractivity contribution in [1.29, 1.82) is 5.41 Å². The molecule has 3 heterocycles. The average molecular weight is 396 g/mol. The quantitative estimate of drug-likeness (QED) is 0.802. The maximum absolute atomic E-state index is 12.5. The van der Waals surface area contributed by atoms with Crippen LogP contribution >= 0.6 is 23.1 Å². The molecule has 27 heavy (non-hydrogen) atoms. The van der Waals surface area contributed by atoms with Gasteiger partial charge in [-0.05, 0) is 47.0 Å². The van der Waals surface area contributed by atoms with Gasteiger partial charge < -0.3 is 4.90 Å². The van der Waals surface area contributed by atoms with Crippen LogP contribution in [0.1, 0.15) is 10.4 Å². The van der Waals surface area contributed by atoms with E-state index in [1.54, 1.807) is 17.4 Å². The second-order valence-corrected chi connectivity index (χ2v) is 8.33. The van der Waals surface area contributed by atoms with E-state index in [9.17, 15) is 4.79 Å². The Morgan fingerprint density at radius 3 is 2.67 bits per heavy atom. The number of hydrogen-bond donors (Lipinski definition) is 1. The van der Waals surface area contributed by atoms with E-state index >= 15 is 0 Å². The zero-order chi connectivity index (χ0) is 19.0. The van der Waals surface area contributed by atoms with Gasteiger partial charge in [-0.15, -0.1) is 11.3 Å². The summed E-state index contributed by atoms with van der Waals surface area (Å²) in [5.74, 6) is -0.335. The van der Waals surface area contributed by atoms with Crippen LogP contribution in [0.2, 0.25) is 0 Å². The summed E-state index contributed by atoms with van der Waals surface area (Å²) in [5.41, 5.74) is 2.17. The first-order valence-corrected chi connectivity index (χ1v) is 10.00. The van der Waals surface area contributed by atoms with Crippen molar-refractivity contribution in [2.75, 3.05) is 19.0 Å². The highest BCUT2D eigenvalue weighted by Crippen LogP contribution is 2.30. The van der Waals surface area contributed by atoms with E-state index in [0.717, 1.165) is 16.3 Å². The van der Waals surface area contributed by atoms with E-state index in [2.05, 4.69) is 10.1 Å². The molecule has 0 fully saturated rings. The zero-order valence-electron chi connectivity index (χ0n) is 14.8. The number of hydrogen-bond acceptors (Lipinski definition) is 6. The van der Waals surface area contributed by atoms with E-state index < -0.39 is 5.91 Å². The topological polar surface area (TPSA) is 72.1 Å². The normalized spacial score (nSPS) is 17.9. The molecule has 8 heteroatoms. The maximum Gasteiger partial charge on any atom is 0.283 e. The summed E-state index contributed by atoms with van der Waals surface area (Å²) in [7, 11) is 3.95. The summed E-state index contributed by atoms with van der Waals surface area (Å²) in [4.78, 5) is 19.8. The molecule has 0 aliphatic carbocycles. The number of fused-ring (bicyclic) bond motifs is 1. The summed E-state index contributed by atoms with van der Waals surface area (Å²) in [6.45, 7) is 0. The Bertz CT molecular complexity index is 988. The molecule has 4 rings (SSSR count). The third-order valence-electron chi connectivity index (χ3n) is 4.12. The van der Waals surface area contributed by atoms with Gasteiger partial charge in [-0.3, -0.25) is 10.2 Å². The Labute approximate surface area is 165 Å². The summed E-state index contributed by atoms with van der Waals surface area (Å²) >= 11 is 3.01. The zero-order valence-corrected chi connectivity index (χ0v) is 16.5. The van der Waals surface area contributed by atoms with Crippen molar-refractivity contribution in [3.8, 4) is 0 Å². The van der Waals surface area contributed by atoms with Crippen LogP contribution in [0, 0.1) is 5.41 Å². The molecule has 2 aliphatic rings. The van der Waals surface area contributed by atoms with Gasteiger partial charge in [0.05, 0.1) is 5.57 Å². The van der Waals surface area contributed by atoms with Crippen molar-refractivity contribution in [3.05, 3.63) is 57.8 Å². The van der Waals surface area contributed by atoms with Crippen LogP contribution in [0.5, 0.6) is 0 Å². The van der Waals surface area contributed by atoms with E-state index in [1.165, 1.54) is 21.6 Å². The first-order chi connectivity index (χ1) is 13.0. The molecule has 1 aromatic heterocycles. The predicted octanol–water partition coefficient (Wildman–Crippen LogP) is 3.68. The van der Waals surface area contributed by atoms with Crippen molar-refractivity contribution < 1.29 is 4.79 Å². The minimum absolute atomic E-state index is 0.0652. The number of thiophene rings is 1. The number of carbonyl (C=O) groups is 1. The molecule has 0 atom stereocenters. The molecule has 0 bridgehead atoms. The Morgan fingerprint density at radius 2 is 2.00 bits per heavy atom. The van der Waals surface area contributed by atoms with Gasteiger partial charge in [0.25, 0.3) is 5.91 Å². The number of nitrogens with zero attached hydrogens (tertiary/aromatic N) is 4. The van der Waals surface area contributed by atoms with Gasteiger partial charge in [0.15, 0.2) is 5.84 Å². The lowest BCUT2D eigenvalue weighted by molar-refractivity contribution is -0.114. The molecule has 0 radical (unpaired) electrons. The Morgan fingerprint density at radius 1 is 1.22 bits per heavy atom. The molecule has 0 spiro atoms. The van der Waals surface area contributed by atoms with Crippen LogP contribution in [0.4, 0.5) is 5.69 Å². The molecule has 2 aliphatic heterocycles. The lowest BCUT2D eigenvalue weighted by atomic mass is 10.1. The lowest BCUT2D eigenvalue weighted by Gasteiger charge is -2.20. The maximum atomic E-state index is 12.5. The Hall–Kier alpha value is -2.71. The minimum Gasteiger partial charge on any atom is -0.378 e. The summed E-state index contributed by atoms with van der Waals surface area (Å²) < 4.78 is 0. The summed E-state index contributed by atoms with van der Waals surface area (Å²) in [6, 6.07) is 11.8. The first-order valence-electron chi connectivity index (χ1n) is 8.30. The van der Waals surface area contributed by atoms with Gasteiger partial charge in [-0.1, -0.05) is 18.2 Å². The number of aliphatic imine (C=N–C) groups is 1. The van der Waals surface area contributed by atoms with E-state index in [1.807, 2.05) is 60.8 Å². The van der Waals surface area contributed by atoms with Gasteiger partial charge >= 0.3 is 0 Å². The molecule has 2 aromatic rings. The van der Waals surface area contributed by atoms with Crippen molar-refractivity contribution in [1.82, 2.24) is 5.01 Å². The van der Waals surface area contributed by atoms with Crippen LogP contribution in [0.3, 0.4) is 0 Å². The number of amides is 1. The highest BCUT2D eigenvalue weighted by atomic mass is 32.2. The SMILES string of the molecule is CN(C)c1ccc(C=C2C(=N)N3N=C(Cc4cccs4)SC3=NC2=O)cc1. The Kier molecular flexibility index (Phi) is 4.67. The number of hydrazone groups is 1. The third-order valence-corrected chi connectivity index (χ3v) is 5.91. The van der Waals surface area contributed by atoms with Gasteiger partial charge in [0.2, 0.25) is 5.17 Å². The molecular weight excluding hydrogens is 378 g/mol. The van der Waals surface area contributed by atoms with Crippen molar-refractivity contribution in [2.24, 2.45) is 10.1 Å². The van der Waals surface area contributed by atoms with Crippen molar-refractivity contribution >= 4 is 56.8 Å². The number of benzene rings is 1. The number of rotatable bonds is 4. The average Bonchev–Trinajstić information content (AvgIpc) is 3.29. The number of thioether (sulfide) groups is 1. The van der Waals surface area contributed by atoms with Crippen LogP contribution in [0.25, 0.3) is 6.08 Å². The van der Waals surface area contributed by atoms with Gasteiger partial charge in [-0.25, -0.2) is 0 Å². The Balaban J connectivity index is 1.59. The molecule has 0 saturated carbocycles. The molecule has 136 valence electrons. The predicted molar refractivity (Wildman–Crippen MR) is 114 cm³/mol. The molecule has 1 aromatic carbocycles. The number of amidine groups is 2. The number of anilines is 1. The molecule has 0 saturated heterocycles. The van der Waals surface area contributed by atoms with E-state index in [0.29, 0.717) is 11.6 Å². The molecule has 1 amide bonds. The van der Waals surface area contributed by atoms with Gasteiger partial charge in [0, 0.05) is 31.1 Å². The summed E-state index contributed by atoms with van der Waals surface area (Å²) in [5, 5.41) is 17.7. The van der Waals surface area contributed by atoms with E-state index in [-0.39, 0.29) is 11.4 Å². The van der Waals surface area contributed by atoms with Gasteiger partial charge in [-0.2, -0.15) is 15.1 Å². The fraction of sp³-hybridized carbons (Fsp3) is 0.158. The smallest absolute Gasteiger partial charge is 0.283 e. The number of nitrogens with one attached hydrogen (secondary N) is 1. The highest BCUT2D eigenvalue weighted by Gasteiger charge is 2.35. The fourth-order valence-corrected chi connectivity index (χ4v) is 4.41. The second-order valence-electron chi connectivity index (χ2n) is 6.26. The highest BCUT2D eigenvalue weighted by molar-refractivity contribution is 8.27. The lowest BCUT2D eigenvalue weighted by Crippen LogP contribution is -2.35. The van der Waals surface area contributed by atoms with Crippen LogP contribution in [0.15, 0.2) is 57.4 Å². The fourth-order valence-electron chi connectivity index (χ4n) is 2.70. The minimum atomic E-state index is -0.400. The molecule has 1 N–H and O–H groups in total. The van der Waals surface area contributed by atoms with E-state index in [4.69, 9.17) is 5.41 Å². The van der Waals surface area contributed by atoms with Crippen molar-refractivity contribution in [3.63, 3.8) is 0 Å². The second kappa shape index (κ2) is 7.13. The molecular formula is C19H17N5OS2. The molecule has 6 nitrogen and oxygen atoms in total. The summed E-state index contributed by atoms with van der Waals surface area (Å²) in [6.07, 6.45) is 2.38. The van der Waals surface area contributed by atoms with Crippen molar-refractivity contribution in [2.45, 2.75) is 6.42 Å². The van der Waals surface area contributed by atoms with Gasteiger partial charge in [0.1, 0.15) is 5.04 Å². The standard InChI is InChI=1S/C19H17N5OS2/c1-23(2)13-7-5-12(6-8-13)10-15-17(20)24-19(21-18(15)25)27-16(22-24)11-14-4-3-9-26-14/h3-10,20H,11H2,1-2H3. The van der Waals surface area contributed by atoms with Crippen LogP contribution in [-0.4, -0.2) is 41.1 Å². The monoisotopic (exact) mass is 395 g/mol. The largest absolute Gasteiger partial charge is 0.378 e. The van der Waals surface area contributed by atoms with Crippen LogP contribution in [-0.2, 0) is 11.2 Å². The molecule has 0 unspecified atom stereocenters. The third kappa shape index (κ3) is 3.58.